The average molecular weight is 309 g/mol. The van der Waals surface area contributed by atoms with E-state index in [1.165, 1.54) is 0 Å². The van der Waals surface area contributed by atoms with E-state index in [-0.39, 0.29) is 0 Å². The molecule has 5 nitrogen and oxygen atoms in total. The first-order valence-electron chi connectivity index (χ1n) is 7.05. The van der Waals surface area contributed by atoms with Crippen LogP contribution in [0.25, 0.3) is 27.1 Å². The zero-order chi connectivity index (χ0) is 15.3. The van der Waals surface area contributed by atoms with Gasteiger partial charge < -0.3 is 9.72 Å². The van der Waals surface area contributed by atoms with Gasteiger partial charge in [0, 0.05) is 25.0 Å². The number of imidazole rings is 1. The zero-order valence-corrected chi connectivity index (χ0v) is 13.4. The summed E-state index contributed by atoms with van der Waals surface area (Å²) in [6.45, 7) is 4.09. The molecule has 4 heterocycles. The molecule has 6 heteroatoms. The highest BCUT2D eigenvalue weighted by Gasteiger charge is 2.09. The number of hydrogen-bond donors (Lipinski definition) is 1. The molecular weight excluding hydrogens is 294 g/mol. The smallest absolute Gasteiger partial charge is 0.183 e. The Bertz CT molecular complexity index is 999. The Morgan fingerprint density at radius 1 is 1.14 bits per heavy atom. The predicted octanol–water partition coefficient (Wildman–Crippen LogP) is 3.66. The number of pyridine rings is 2. The Morgan fingerprint density at radius 2 is 2.00 bits per heavy atom. The Kier molecular flexibility index (Phi) is 2.87. The standard InChI is InChI=1S/C16H15N5S/c1-9-4-11(8-21-7-10(2)19-15(9)21)12-5-14-13(6-18-12)20-16(17-3)22-14/h4-8H,1-3H3,(H,17,20). The molecule has 4 aromatic heterocycles. The molecule has 0 atom stereocenters. The Morgan fingerprint density at radius 3 is 2.82 bits per heavy atom. The number of rotatable bonds is 2. The summed E-state index contributed by atoms with van der Waals surface area (Å²) in [7, 11) is 1.88. The van der Waals surface area contributed by atoms with Gasteiger partial charge in [-0.2, -0.15) is 0 Å². The number of thiazole rings is 1. The average Bonchev–Trinajstić information content (AvgIpc) is 3.08. The normalized spacial score (nSPS) is 11.4. The van der Waals surface area contributed by atoms with Crippen molar-refractivity contribution < 1.29 is 0 Å². The molecule has 0 spiro atoms. The zero-order valence-electron chi connectivity index (χ0n) is 12.6. The van der Waals surface area contributed by atoms with Crippen LogP contribution in [0, 0.1) is 13.8 Å². The molecule has 4 rings (SSSR count). The second kappa shape index (κ2) is 4.78. The highest BCUT2D eigenvalue weighted by Crippen LogP contribution is 2.29. The molecule has 0 unspecified atom stereocenters. The molecule has 0 saturated carbocycles. The van der Waals surface area contributed by atoms with Crippen molar-refractivity contribution in [2.75, 3.05) is 12.4 Å². The van der Waals surface area contributed by atoms with Crippen LogP contribution in [0.4, 0.5) is 5.13 Å². The minimum Gasteiger partial charge on any atom is -0.365 e. The van der Waals surface area contributed by atoms with Gasteiger partial charge in [0.1, 0.15) is 11.2 Å². The topological polar surface area (TPSA) is 55.1 Å². The van der Waals surface area contributed by atoms with E-state index in [0.29, 0.717) is 0 Å². The van der Waals surface area contributed by atoms with Gasteiger partial charge in [0.2, 0.25) is 0 Å². The summed E-state index contributed by atoms with van der Waals surface area (Å²) in [5, 5.41) is 3.99. The third-order valence-corrected chi connectivity index (χ3v) is 4.68. The fourth-order valence-corrected chi connectivity index (χ4v) is 3.46. The first kappa shape index (κ1) is 13.2. The third-order valence-electron chi connectivity index (χ3n) is 3.64. The van der Waals surface area contributed by atoms with Crippen molar-refractivity contribution in [1.29, 1.82) is 0 Å². The highest BCUT2D eigenvalue weighted by atomic mass is 32.1. The maximum Gasteiger partial charge on any atom is 0.183 e. The Labute approximate surface area is 131 Å². The first-order valence-corrected chi connectivity index (χ1v) is 7.86. The molecule has 0 radical (unpaired) electrons. The SMILES string of the molecule is CNc1nc2cnc(-c3cc(C)c4nc(C)cn4c3)cc2s1. The molecule has 0 aromatic carbocycles. The number of aromatic nitrogens is 4. The van der Waals surface area contributed by atoms with E-state index >= 15 is 0 Å². The fourth-order valence-electron chi connectivity index (χ4n) is 2.63. The van der Waals surface area contributed by atoms with E-state index in [9.17, 15) is 0 Å². The van der Waals surface area contributed by atoms with Crippen LogP contribution >= 0.6 is 11.3 Å². The van der Waals surface area contributed by atoms with Gasteiger partial charge in [0.15, 0.2) is 5.13 Å². The number of anilines is 1. The second-order valence-electron chi connectivity index (χ2n) is 5.33. The van der Waals surface area contributed by atoms with E-state index in [1.54, 1.807) is 11.3 Å². The minimum atomic E-state index is 0.908. The quantitative estimate of drug-likeness (QED) is 0.614. The van der Waals surface area contributed by atoms with Crippen molar-refractivity contribution in [1.82, 2.24) is 19.4 Å². The van der Waals surface area contributed by atoms with Crippen LogP contribution < -0.4 is 5.32 Å². The van der Waals surface area contributed by atoms with Crippen LogP contribution in [-0.2, 0) is 0 Å². The molecule has 0 fully saturated rings. The van der Waals surface area contributed by atoms with Crippen LogP contribution in [0.5, 0.6) is 0 Å². The van der Waals surface area contributed by atoms with E-state index in [1.807, 2.05) is 26.4 Å². The lowest BCUT2D eigenvalue weighted by Gasteiger charge is -2.04. The van der Waals surface area contributed by atoms with Crippen molar-refractivity contribution in [3.05, 3.63) is 42.0 Å². The minimum absolute atomic E-state index is 0.908. The van der Waals surface area contributed by atoms with Gasteiger partial charge in [0.05, 0.1) is 22.3 Å². The van der Waals surface area contributed by atoms with E-state index in [0.717, 1.165) is 43.5 Å². The van der Waals surface area contributed by atoms with Crippen LogP contribution in [0.1, 0.15) is 11.3 Å². The molecule has 0 amide bonds. The molecule has 0 aliphatic rings. The van der Waals surface area contributed by atoms with Gasteiger partial charge in [-0.15, -0.1) is 0 Å². The predicted molar refractivity (Wildman–Crippen MR) is 90.6 cm³/mol. The Hall–Kier alpha value is -2.47. The number of fused-ring (bicyclic) bond motifs is 2. The lowest BCUT2D eigenvalue weighted by Crippen LogP contribution is -1.91. The van der Waals surface area contributed by atoms with Gasteiger partial charge in [-0.05, 0) is 31.5 Å². The molecule has 22 heavy (non-hydrogen) atoms. The van der Waals surface area contributed by atoms with Gasteiger partial charge in [0.25, 0.3) is 0 Å². The molecule has 4 aromatic rings. The summed E-state index contributed by atoms with van der Waals surface area (Å²) in [6.07, 6.45) is 5.95. The maximum absolute atomic E-state index is 4.56. The number of hydrogen-bond acceptors (Lipinski definition) is 5. The van der Waals surface area contributed by atoms with Crippen molar-refractivity contribution in [3.63, 3.8) is 0 Å². The summed E-state index contributed by atoms with van der Waals surface area (Å²) >= 11 is 1.64. The van der Waals surface area contributed by atoms with E-state index < -0.39 is 0 Å². The van der Waals surface area contributed by atoms with Gasteiger partial charge in [-0.25, -0.2) is 9.97 Å². The van der Waals surface area contributed by atoms with Crippen molar-refractivity contribution >= 4 is 32.3 Å². The Balaban J connectivity index is 1.90. The molecule has 110 valence electrons. The lowest BCUT2D eigenvalue weighted by molar-refractivity contribution is 1.16. The monoisotopic (exact) mass is 309 g/mol. The maximum atomic E-state index is 4.56. The summed E-state index contributed by atoms with van der Waals surface area (Å²) in [6, 6.07) is 4.23. The van der Waals surface area contributed by atoms with Gasteiger partial charge >= 0.3 is 0 Å². The van der Waals surface area contributed by atoms with Crippen LogP contribution in [0.15, 0.2) is 30.7 Å². The lowest BCUT2D eigenvalue weighted by atomic mass is 10.1. The van der Waals surface area contributed by atoms with Gasteiger partial charge in [-0.3, -0.25) is 4.98 Å². The molecule has 0 bridgehead atoms. The highest BCUT2D eigenvalue weighted by molar-refractivity contribution is 7.22. The molecule has 0 aliphatic carbocycles. The number of nitrogens with one attached hydrogen (secondary N) is 1. The molecular formula is C16H15N5S. The van der Waals surface area contributed by atoms with Crippen molar-refractivity contribution in [3.8, 4) is 11.3 Å². The summed E-state index contributed by atoms with van der Waals surface area (Å²) in [5.41, 5.74) is 6.13. The van der Waals surface area contributed by atoms with Gasteiger partial charge in [-0.1, -0.05) is 11.3 Å². The molecule has 0 aliphatic heterocycles. The molecule has 1 N–H and O–H groups in total. The van der Waals surface area contributed by atoms with Crippen molar-refractivity contribution in [2.45, 2.75) is 13.8 Å². The van der Waals surface area contributed by atoms with Crippen LogP contribution in [0.2, 0.25) is 0 Å². The fraction of sp³-hybridized carbons (Fsp3) is 0.188. The largest absolute Gasteiger partial charge is 0.365 e. The van der Waals surface area contributed by atoms with E-state index in [4.69, 9.17) is 0 Å². The van der Waals surface area contributed by atoms with Crippen LogP contribution in [-0.4, -0.2) is 26.4 Å². The number of aryl methyl sites for hydroxylation is 2. The van der Waals surface area contributed by atoms with Crippen LogP contribution in [0.3, 0.4) is 0 Å². The summed E-state index contributed by atoms with van der Waals surface area (Å²) < 4.78 is 3.20. The van der Waals surface area contributed by atoms with Crippen molar-refractivity contribution in [2.24, 2.45) is 0 Å². The third kappa shape index (κ3) is 2.03. The first-order chi connectivity index (χ1) is 10.6. The second-order valence-corrected chi connectivity index (χ2v) is 6.36. The summed E-state index contributed by atoms with van der Waals surface area (Å²) in [4.78, 5) is 13.6. The van der Waals surface area contributed by atoms with E-state index in [2.05, 4.69) is 49.9 Å². The number of nitrogens with zero attached hydrogens (tertiary/aromatic N) is 4. The molecule has 0 saturated heterocycles. The summed E-state index contributed by atoms with van der Waals surface area (Å²) in [5.74, 6) is 0.